The molecule has 0 spiro atoms. The molecule has 0 bridgehead atoms. The molecule has 0 unspecified atom stereocenters. The van der Waals surface area contributed by atoms with Crippen LogP contribution in [-0.4, -0.2) is 33.4 Å². The third-order valence-electron chi connectivity index (χ3n) is 6.45. The topological polar surface area (TPSA) is 55.2 Å². The molecular formula is C22H28FN3O2. The van der Waals surface area contributed by atoms with Gasteiger partial charge in [0.25, 0.3) is 5.56 Å². The molecule has 6 heteroatoms. The van der Waals surface area contributed by atoms with Crippen molar-refractivity contribution in [1.82, 2.24) is 14.5 Å². The van der Waals surface area contributed by atoms with Gasteiger partial charge in [-0.25, -0.2) is 9.37 Å². The van der Waals surface area contributed by atoms with Crippen molar-refractivity contribution in [2.24, 2.45) is 11.8 Å². The first-order valence-electron chi connectivity index (χ1n) is 10.5. The largest absolute Gasteiger partial charge is 0.343 e. The Hall–Kier alpha value is -2.24. The molecule has 5 nitrogen and oxygen atoms in total. The van der Waals surface area contributed by atoms with Gasteiger partial charge in [-0.15, -0.1) is 0 Å². The zero-order valence-electron chi connectivity index (χ0n) is 16.5. The molecule has 28 heavy (non-hydrogen) atoms. The van der Waals surface area contributed by atoms with Gasteiger partial charge < -0.3 is 4.90 Å². The Bertz CT molecular complexity index is 925. The van der Waals surface area contributed by atoms with Crippen molar-refractivity contribution >= 4 is 16.8 Å². The Labute approximate surface area is 164 Å². The number of likely N-dealkylation sites (tertiary alicyclic amines) is 1. The van der Waals surface area contributed by atoms with E-state index in [0.717, 1.165) is 25.9 Å². The molecule has 1 aliphatic carbocycles. The summed E-state index contributed by atoms with van der Waals surface area (Å²) in [5, 5.41) is 0.455. The van der Waals surface area contributed by atoms with E-state index in [1.54, 1.807) is 11.5 Å². The minimum atomic E-state index is -0.383. The van der Waals surface area contributed by atoms with Crippen molar-refractivity contribution in [2.75, 3.05) is 13.1 Å². The summed E-state index contributed by atoms with van der Waals surface area (Å²) in [6, 6.07) is 4.13. The van der Waals surface area contributed by atoms with Crippen molar-refractivity contribution in [1.29, 1.82) is 0 Å². The van der Waals surface area contributed by atoms with Crippen molar-refractivity contribution in [3.63, 3.8) is 0 Å². The number of hydrogen-bond acceptors (Lipinski definition) is 3. The molecule has 2 aliphatic rings. The van der Waals surface area contributed by atoms with Crippen molar-refractivity contribution in [2.45, 2.75) is 58.4 Å². The fraction of sp³-hybridized carbons (Fsp3) is 0.591. The molecule has 0 N–H and O–H groups in total. The maximum atomic E-state index is 13.4. The summed E-state index contributed by atoms with van der Waals surface area (Å²) in [6.45, 7) is 3.95. The highest BCUT2D eigenvalue weighted by molar-refractivity contribution is 5.77. The van der Waals surface area contributed by atoms with Gasteiger partial charge in [-0.05, 0) is 56.6 Å². The van der Waals surface area contributed by atoms with Gasteiger partial charge in [0.1, 0.15) is 11.6 Å². The van der Waals surface area contributed by atoms with Gasteiger partial charge in [0.05, 0.1) is 10.9 Å². The van der Waals surface area contributed by atoms with Crippen LogP contribution in [0, 0.1) is 24.6 Å². The molecule has 0 radical (unpaired) electrons. The number of carbonyl (C=O) groups excluding carboxylic acids is 1. The first kappa shape index (κ1) is 19.1. The summed E-state index contributed by atoms with van der Waals surface area (Å²) >= 11 is 0. The van der Waals surface area contributed by atoms with E-state index in [4.69, 9.17) is 0 Å². The Kier molecular flexibility index (Phi) is 5.47. The predicted molar refractivity (Wildman–Crippen MR) is 107 cm³/mol. The molecule has 1 amide bonds. The Balaban J connectivity index is 1.40. The highest BCUT2D eigenvalue weighted by Gasteiger charge is 2.26. The number of rotatable bonds is 4. The summed E-state index contributed by atoms with van der Waals surface area (Å²) in [6.07, 6.45) is 7.44. The van der Waals surface area contributed by atoms with Crippen molar-refractivity contribution in [3.8, 4) is 0 Å². The van der Waals surface area contributed by atoms with Crippen LogP contribution >= 0.6 is 0 Å². The molecule has 150 valence electrons. The monoisotopic (exact) mass is 385 g/mol. The first-order chi connectivity index (χ1) is 13.5. The van der Waals surface area contributed by atoms with E-state index in [-0.39, 0.29) is 11.4 Å². The van der Waals surface area contributed by atoms with E-state index in [0.29, 0.717) is 47.4 Å². The molecule has 0 atom stereocenters. The number of carbonyl (C=O) groups is 1. The lowest BCUT2D eigenvalue weighted by Crippen LogP contribution is -2.40. The lowest BCUT2D eigenvalue weighted by Gasteiger charge is -2.33. The second-order valence-electron chi connectivity index (χ2n) is 8.42. The molecule has 1 aliphatic heterocycles. The lowest BCUT2D eigenvalue weighted by molar-refractivity contribution is -0.133. The van der Waals surface area contributed by atoms with E-state index < -0.39 is 0 Å². The van der Waals surface area contributed by atoms with Gasteiger partial charge in [0.15, 0.2) is 0 Å². The Morgan fingerprint density at radius 2 is 1.86 bits per heavy atom. The molecule has 2 heterocycles. The quantitative estimate of drug-likeness (QED) is 0.807. The number of benzene rings is 1. The third-order valence-corrected chi connectivity index (χ3v) is 6.45. The molecule has 1 aromatic carbocycles. The smallest absolute Gasteiger partial charge is 0.261 e. The van der Waals surface area contributed by atoms with E-state index in [1.165, 1.54) is 43.9 Å². The van der Waals surface area contributed by atoms with E-state index in [9.17, 15) is 14.0 Å². The number of amides is 1. The minimum absolute atomic E-state index is 0.109. The van der Waals surface area contributed by atoms with Crippen molar-refractivity contribution < 1.29 is 9.18 Å². The fourth-order valence-corrected chi connectivity index (χ4v) is 4.73. The van der Waals surface area contributed by atoms with E-state index >= 15 is 0 Å². The summed E-state index contributed by atoms with van der Waals surface area (Å²) in [5.74, 6) is 1.47. The molecule has 1 saturated heterocycles. The van der Waals surface area contributed by atoms with Crippen LogP contribution in [0.2, 0.25) is 0 Å². The zero-order valence-corrected chi connectivity index (χ0v) is 16.5. The highest BCUT2D eigenvalue weighted by Crippen LogP contribution is 2.29. The number of aryl methyl sites for hydroxylation is 1. The number of nitrogens with zero attached hydrogens (tertiary/aromatic N) is 3. The average molecular weight is 385 g/mol. The van der Waals surface area contributed by atoms with Crippen LogP contribution in [0.5, 0.6) is 0 Å². The van der Waals surface area contributed by atoms with E-state index in [2.05, 4.69) is 4.98 Å². The Morgan fingerprint density at radius 3 is 2.57 bits per heavy atom. The highest BCUT2D eigenvalue weighted by atomic mass is 19.1. The SMILES string of the molecule is Cc1nc2cc(F)ccc2c(=O)n1CC1CCN(C(=O)CC2CCCC2)CC1. The second-order valence-corrected chi connectivity index (χ2v) is 8.42. The molecule has 2 fully saturated rings. The fourth-order valence-electron chi connectivity index (χ4n) is 4.73. The lowest BCUT2D eigenvalue weighted by atomic mass is 9.95. The van der Waals surface area contributed by atoms with Crippen LogP contribution in [0.15, 0.2) is 23.0 Å². The number of fused-ring (bicyclic) bond motifs is 1. The number of halogens is 1. The maximum Gasteiger partial charge on any atom is 0.261 e. The summed E-state index contributed by atoms with van der Waals surface area (Å²) < 4.78 is 15.1. The van der Waals surface area contributed by atoms with Crippen molar-refractivity contribution in [3.05, 3.63) is 40.2 Å². The Morgan fingerprint density at radius 1 is 1.14 bits per heavy atom. The number of aromatic nitrogens is 2. The number of hydrogen-bond donors (Lipinski definition) is 0. The minimum Gasteiger partial charge on any atom is -0.343 e. The van der Waals surface area contributed by atoms with Crippen LogP contribution < -0.4 is 5.56 Å². The van der Waals surface area contributed by atoms with Gasteiger partial charge in [-0.3, -0.25) is 14.2 Å². The molecule has 4 rings (SSSR count). The number of piperidine rings is 1. The average Bonchev–Trinajstić information content (AvgIpc) is 3.18. The third kappa shape index (κ3) is 3.96. The van der Waals surface area contributed by atoms with Crippen LogP contribution in [0.3, 0.4) is 0 Å². The predicted octanol–water partition coefficient (Wildman–Crippen LogP) is 3.66. The summed E-state index contributed by atoms with van der Waals surface area (Å²) in [5.41, 5.74) is 0.299. The standard InChI is InChI=1S/C22H28FN3O2/c1-15-24-20-13-18(23)6-7-19(20)22(28)26(15)14-17-8-10-25(11-9-17)21(27)12-16-4-2-3-5-16/h6-7,13,16-17H,2-5,8-12,14H2,1H3. The molecular weight excluding hydrogens is 357 g/mol. The van der Waals surface area contributed by atoms with Crippen LogP contribution in [0.1, 0.15) is 50.8 Å². The van der Waals surface area contributed by atoms with Gasteiger partial charge in [-0.2, -0.15) is 0 Å². The summed E-state index contributed by atoms with van der Waals surface area (Å²) in [7, 11) is 0. The molecule has 2 aromatic rings. The normalized spacial score (nSPS) is 18.9. The zero-order chi connectivity index (χ0) is 19.7. The van der Waals surface area contributed by atoms with Gasteiger partial charge >= 0.3 is 0 Å². The van der Waals surface area contributed by atoms with Gasteiger partial charge in [-0.1, -0.05) is 12.8 Å². The van der Waals surface area contributed by atoms with Crippen LogP contribution in [0.25, 0.3) is 10.9 Å². The van der Waals surface area contributed by atoms with Crippen LogP contribution in [0.4, 0.5) is 4.39 Å². The van der Waals surface area contributed by atoms with Gasteiger partial charge in [0, 0.05) is 32.1 Å². The maximum absolute atomic E-state index is 13.4. The van der Waals surface area contributed by atoms with Crippen LogP contribution in [-0.2, 0) is 11.3 Å². The second kappa shape index (κ2) is 8.02. The molecule has 1 saturated carbocycles. The molecule has 1 aromatic heterocycles. The van der Waals surface area contributed by atoms with E-state index in [1.807, 2.05) is 4.90 Å². The summed E-state index contributed by atoms with van der Waals surface area (Å²) in [4.78, 5) is 31.8. The van der Waals surface area contributed by atoms with Gasteiger partial charge in [0.2, 0.25) is 5.91 Å². The first-order valence-corrected chi connectivity index (χ1v) is 10.5.